The van der Waals surface area contributed by atoms with E-state index in [9.17, 15) is 19.5 Å². The van der Waals surface area contributed by atoms with Crippen molar-refractivity contribution in [2.24, 2.45) is 0 Å². The minimum atomic E-state index is -1.49. The van der Waals surface area contributed by atoms with Crippen LogP contribution in [-0.4, -0.2) is 56.9 Å². The third kappa shape index (κ3) is 5.95. The summed E-state index contributed by atoms with van der Waals surface area (Å²) in [5, 5.41) is 14.3. The Balaban J connectivity index is 1.62. The van der Waals surface area contributed by atoms with E-state index in [1.165, 1.54) is 23.6 Å². The van der Waals surface area contributed by atoms with Crippen LogP contribution in [0.3, 0.4) is 0 Å². The van der Waals surface area contributed by atoms with E-state index in [0.29, 0.717) is 17.0 Å². The van der Waals surface area contributed by atoms with Gasteiger partial charge in [-0.25, -0.2) is 0 Å². The molecule has 0 saturated carbocycles. The molecular weight excluding hydrogens is 493 g/mol. The highest BCUT2D eigenvalue weighted by Crippen LogP contribution is 2.41. The number of hydrogen-bond donors (Lipinski definition) is 1. The third-order valence-corrected chi connectivity index (χ3v) is 6.08. The lowest BCUT2D eigenvalue weighted by Gasteiger charge is -2.51. The van der Waals surface area contributed by atoms with Crippen molar-refractivity contribution >= 4 is 70.1 Å². The van der Waals surface area contributed by atoms with Crippen molar-refractivity contribution < 1.29 is 33.5 Å². The number of thioether (sulfide) groups is 1. The zero-order valence-corrected chi connectivity index (χ0v) is 19.3. The second kappa shape index (κ2) is 9.83. The number of carbonyl (C=O) groups is 3. The summed E-state index contributed by atoms with van der Waals surface area (Å²) in [6, 6.07) is 2.87. The molecule has 3 rings (SSSR count). The fourth-order valence-corrected chi connectivity index (χ4v) is 4.62. The standard InChI is InChI=1S/C18H18Cl3N3O6S/c1-10(25)30-6-11-7-31-16-13(15(26)24(16)14(11)17(27)28)22-12-2-4-23(5-3-12)9-29-8-18(19,20)21/h2-5,13,16H,6-9H2,1H3,(H,27,28)/t13-,16-/m1/s1. The van der Waals surface area contributed by atoms with Crippen LogP contribution in [0, 0.1) is 0 Å². The number of pyridine rings is 1. The Labute approximate surface area is 197 Å². The summed E-state index contributed by atoms with van der Waals surface area (Å²) >= 11 is 18.3. The van der Waals surface area contributed by atoms with Gasteiger partial charge in [-0.2, -0.15) is 4.57 Å². The van der Waals surface area contributed by atoms with E-state index in [1.54, 1.807) is 29.1 Å². The minimum absolute atomic E-state index is 0.0658. The maximum atomic E-state index is 12.7. The summed E-state index contributed by atoms with van der Waals surface area (Å²) in [6.45, 7) is 1.14. The van der Waals surface area contributed by atoms with Gasteiger partial charge < -0.3 is 24.7 Å². The molecule has 13 heteroatoms. The summed E-state index contributed by atoms with van der Waals surface area (Å²) in [5.41, 5.74) is 0.768. The van der Waals surface area contributed by atoms with Crippen LogP contribution in [0.2, 0.25) is 0 Å². The van der Waals surface area contributed by atoms with Gasteiger partial charge in [-0.15, -0.1) is 11.8 Å². The van der Waals surface area contributed by atoms with Crippen LogP contribution in [0.5, 0.6) is 0 Å². The van der Waals surface area contributed by atoms with Crippen LogP contribution in [0.4, 0.5) is 5.69 Å². The number of carbonyl (C=O) groups excluding carboxylic acids is 3. The van der Waals surface area contributed by atoms with Gasteiger partial charge in [-0.3, -0.25) is 14.5 Å². The number of aromatic nitrogens is 1. The van der Waals surface area contributed by atoms with Crippen molar-refractivity contribution in [1.29, 1.82) is 0 Å². The molecule has 0 aliphatic carbocycles. The van der Waals surface area contributed by atoms with Gasteiger partial charge in [-0.05, 0) is 0 Å². The van der Waals surface area contributed by atoms with Crippen molar-refractivity contribution in [3.63, 3.8) is 0 Å². The Morgan fingerprint density at radius 2 is 2.03 bits per heavy atom. The maximum Gasteiger partial charge on any atom is 0.302 e. The number of carboxylic acid groups (broad SMARTS) is 1. The predicted molar refractivity (Wildman–Crippen MR) is 112 cm³/mol. The van der Waals surface area contributed by atoms with E-state index in [1.807, 2.05) is 0 Å². The van der Waals surface area contributed by atoms with Crippen LogP contribution in [0.1, 0.15) is 6.92 Å². The molecule has 0 unspecified atom stereocenters. The highest BCUT2D eigenvalue weighted by atomic mass is 35.6. The molecule has 0 radical (unpaired) electrons. The molecule has 2 aliphatic rings. The lowest BCUT2D eigenvalue weighted by atomic mass is 10.0. The van der Waals surface area contributed by atoms with Crippen molar-refractivity contribution in [3.8, 4) is 0 Å². The number of halogens is 3. The average Bonchev–Trinajstić information content (AvgIpc) is 2.69. The SMILES string of the molecule is CC(=O)OCC1=C(C(=O)[O-])N2C(=O)[C@@H](Nc3cc[n+](COCC(Cl)(Cl)Cl)cc3)[C@H]2SC1. The summed E-state index contributed by atoms with van der Waals surface area (Å²) in [4.78, 5) is 36.5. The van der Waals surface area contributed by atoms with Gasteiger partial charge in [0.2, 0.25) is 3.79 Å². The highest BCUT2D eigenvalue weighted by Gasteiger charge is 2.52. The number of β-lactam (4-membered cyclic amide) rings is 1. The molecule has 1 N–H and O–H groups in total. The number of esters is 1. The number of fused-ring (bicyclic) bond motifs is 1. The Kier molecular flexibility index (Phi) is 7.59. The van der Waals surface area contributed by atoms with E-state index in [4.69, 9.17) is 44.3 Å². The van der Waals surface area contributed by atoms with Gasteiger partial charge in [0.1, 0.15) is 24.6 Å². The molecule has 1 fully saturated rings. The van der Waals surface area contributed by atoms with Crippen molar-refractivity contribution in [2.75, 3.05) is 24.3 Å². The molecule has 1 aromatic rings. The molecule has 0 aromatic carbocycles. The summed E-state index contributed by atoms with van der Waals surface area (Å²) in [7, 11) is 0. The van der Waals surface area contributed by atoms with Crippen LogP contribution >= 0.6 is 46.6 Å². The lowest BCUT2D eigenvalue weighted by molar-refractivity contribution is -0.732. The number of nitrogens with zero attached hydrogens (tertiary/aromatic N) is 2. The summed E-state index contributed by atoms with van der Waals surface area (Å²) < 4.78 is 10.4. The summed E-state index contributed by atoms with van der Waals surface area (Å²) in [6.07, 6.45) is 3.44. The van der Waals surface area contributed by atoms with Crippen molar-refractivity contribution in [1.82, 2.24) is 4.90 Å². The lowest BCUT2D eigenvalue weighted by Crippen LogP contribution is -2.68. The van der Waals surface area contributed by atoms with Gasteiger partial charge in [0.15, 0.2) is 12.4 Å². The third-order valence-electron chi connectivity index (χ3n) is 4.41. The smallest absolute Gasteiger partial charge is 0.302 e. The number of alkyl halides is 3. The second-order valence-electron chi connectivity index (χ2n) is 6.75. The first-order valence-corrected chi connectivity index (χ1v) is 11.2. The normalized spacial score (nSPS) is 20.8. The van der Waals surface area contributed by atoms with Crippen LogP contribution in [0.15, 0.2) is 35.8 Å². The Morgan fingerprint density at radius 3 is 2.61 bits per heavy atom. The van der Waals surface area contributed by atoms with E-state index in [0.717, 1.165) is 0 Å². The van der Waals surface area contributed by atoms with Crippen molar-refractivity contribution in [2.45, 2.75) is 28.9 Å². The Hall–Kier alpha value is -1.72. The quantitative estimate of drug-likeness (QED) is 0.234. The van der Waals surface area contributed by atoms with E-state index in [2.05, 4.69) is 5.32 Å². The van der Waals surface area contributed by atoms with Crippen LogP contribution < -0.4 is 15.0 Å². The molecule has 9 nitrogen and oxygen atoms in total. The van der Waals surface area contributed by atoms with E-state index in [-0.39, 0.29) is 25.6 Å². The molecule has 2 aliphatic heterocycles. The van der Waals surface area contributed by atoms with E-state index < -0.39 is 33.1 Å². The van der Waals surface area contributed by atoms with Crippen LogP contribution in [-0.2, 0) is 30.6 Å². The second-order valence-corrected chi connectivity index (χ2v) is 10.4. The first-order chi connectivity index (χ1) is 14.6. The molecule has 1 amide bonds. The number of nitrogens with one attached hydrogen (secondary N) is 1. The number of aliphatic carboxylic acids is 1. The summed E-state index contributed by atoms with van der Waals surface area (Å²) in [5.74, 6) is -2.11. The number of anilines is 1. The molecule has 3 heterocycles. The molecule has 0 bridgehead atoms. The molecule has 2 atom stereocenters. The Morgan fingerprint density at radius 1 is 1.35 bits per heavy atom. The fourth-order valence-electron chi connectivity index (χ4n) is 3.06. The number of amides is 1. The number of ether oxygens (including phenoxy) is 2. The number of rotatable bonds is 8. The monoisotopic (exact) mass is 509 g/mol. The molecule has 1 saturated heterocycles. The van der Waals surface area contributed by atoms with Gasteiger partial charge in [0.05, 0.1) is 11.7 Å². The van der Waals surface area contributed by atoms with E-state index >= 15 is 0 Å². The van der Waals surface area contributed by atoms with Gasteiger partial charge in [-0.1, -0.05) is 34.8 Å². The molecule has 0 spiro atoms. The first kappa shape index (κ1) is 23.9. The zero-order chi connectivity index (χ0) is 22.8. The largest absolute Gasteiger partial charge is 0.543 e. The molecule has 1 aromatic heterocycles. The number of hydrogen-bond acceptors (Lipinski definition) is 8. The van der Waals surface area contributed by atoms with Gasteiger partial charge in [0.25, 0.3) is 12.6 Å². The van der Waals surface area contributed by atoms with Crippen molar-refractivity contribution in [3.05, 3.63) is 35.8 Å². The maximum absolute atomic E-state index is 12.7. The fraction of sp³-hybridized carbons (Fsp3) is 0.444. The topological polar surface area (TPSA) is 112 Å². The molecular formula is C18H18Cl3N3O6S. The average molecular weight is 511 g/mol. The molecule has 168 valence electrons. The Bertz CT molecular complexity index is 906. The minimum Gasteiger partial charge on any atom is -0.543 e. The highest BCUT2D eigenvalue weighted by molar-refractivity contribution is 8.00. The van der Waals surface area contributed by atoms with Gasteiger partial charge >= 0.3 is 5.97 Å². The van der Waals surface area contributed by atoms with Gasteiger partial charge in [0, 0.05) is 36.1 Å². The first-order valence-electron chi connectivity index (χ1n) is 8.98. The number of carboxylic acids is 1. The molecule has 31 heavy (non-hydrogen) atoms. The van der Waals surface area contributed by atoms with Crippen LogP contribution in [0.25, 0.3) is 0 Å². The predicted octanol–water partition coefficient (Wildman–Crippen LogP) is 0.581. The zero-order valence-electron chi connectivity index (χ0n) is 16.2.